The first-order valence-electron chi connectivity index (χ1n) is 8.87. The Hall–Kier alpha value is -1.84. The first-order valence-corrected chi connectivity index (χ1v) is 8.87. The van der Waals surface area contributed by atoms with Gasteiger partial charge in [0.1, 0.15) is 0 Å². The highest BCUT2D eigenvalue weighted by molar-refractivity contribution is 5.89. The van der Waals surface area contributed by atoms with Crippen molar-refractivity contribution in [3.05, 3.63) is 35.4 Å². The fraction of sp³-hybridized carbons (Fsp3) is 0.579. The van der Waals surface area contributed by atoms with Gasteiger partial charge in [0.25, 0.3) is 0 Å². The zero-order chi connectivity index (χ0) is 15.8. The minimum atomic E-state index is -0.131. The number of hydrogen-bond donors (Lipinski definition) is 0. The van der Waals surface area contributed by atoms with Crippen LogP contribution in [0.25, 0.3) is 0 Å². The average molecular weight is 312 g/mol. The number of fused-ring (bicyclic) bond motifs is 1. The largest absolute Gasteiger partial charge is 0.339 e. The first-order chi connectivity index (χ1) is 11.2. The van der Waals surface area contributed by atoms with E-state index in [1.165, 1.54) is 24.0 Å². The summed E-state index contributed by atoms with van der Waals surface area (Å²) >= 11 is 0. The maximum atomic E-state index is 12.9. The van der Waals surface area contributed by atoms with Gasteiger partial charge in [0.05, 0.1) is 5.92 Å². The molecular formula is C19H24N2O2. The molecule has 4 nitrogen and oxygen atoms in total. The normalized spacial score (nSPS) is 25.0. The van der Waals surface area contributed by atoms with E-state index in [1.54, 1.807) is 0 Å². The molecule has 0 bridgehead atoms. The Bertz CT molecular complexity index is 622. The summed E-state index contributed by atoms with van der Waals surface area (Å²) in [4.78, 5) is 29.1. The predicted molar refractivity (Wildman–Crippen MR) is 87.6 cm³/mol. The molecule has 0 spiro atoms. The second kappa shape index (κ2) is 5.99. The third-order valence-corrected chi connectivity index (χ3v) is 5.72. The van der Waals surface area contributed by atoms with Crippen molar-refractivity contribution in [3.8, 4) is 0 Å². The minimum Gasteiger partial charge on any atom is -0.339 e. The van der Waals surface area contributed by atoms with Crippen LogP contribution in [0.1, 0.15) is 43.2 Å². The number of nitrogens with zero attached hydrogens (tertiary/aromatic N) is 2. The zero-order valence-corrected chi connectivity index (χ0v) is 13.5. The van der Waals surface area contributed by atoms with Gasteiger partial charge >= 0.3 is 0 Å². The summed E-state index contributed by atoms with van der Waals surface area (Å²) in [6, 6.07) is 8.75. The summed E-state index contributed by atoms with van der Waals surface area (Å²) in [6.07, 6.45) is 6.00. The number of carbonyl (C=O) groups excluding carboxylic acids is 2. The van der Waals surface area contributed by atoms with E-state index in [1.807, 2.05) is 15.9 Å². The van der Waals surface area contributed by atoms with Crippen molar-refractivity contribution in [2.24, 2.45) is 5.92 Å². The quantitative estimate of drug-likeness (QED) is 0.841. The maximum Gasteiger partial charge on any atom is 0.228 e. The van der Waals surface area contributed by atoms with Crippen LogP contribution in [0.5, 0.6) is 0 Å². The molecule has 4 heteroatoms. The van der Waals surface area contributed by atoms with Crippen LogP contribution in [0.15, 0.2) is 24.3 Å². The Morgan fingerprint density at radius 2 is 1.83 bits per heavy atom. The number of hydrogen-bond acceptors (Lipinski definition) is 2. The van der Waals surface area contributed by atoms with Crippen LogP contribution in [0, 0.1) is 5.92 Å². The van der Waals surface area contributed by atoms with Crippen LogP contribution in [0.3, 0.4) is 0 Å². The highest BCUT2D eigenvalue weighted by atomic mass is 16.2. The maximum absolute atomic E-state index is 12.9. The first kappa shape index (κ1) is 14.7. The monoisotopic (exact) mass is 312 g/mol. The molecule has 2 aliphatic heterocycles. The Labute approximate surface area is 137 Å². The van der Waals surface area contributed by atoms with Crippen molar-refractivity contribution in [2.45, 2.75) is 51.1 Å². The van der Waals surface area contributed by atoms with Crippen molar-refractivity contribution in [1.82, 2.24) is 9.80 Å². The van der Waals surface area contributed by atoms with Gasteiger partial charge in [0.2, 0.25) is 11.8 Å². The van der Waals surface area contributed by atoms with Crippen LogP contribution in [-0.2, 0) is 22.6 Å². The Morgan fingerprint density at radius 3 is 2.61 bits per heavy atom. The summed E-state index contributed by atoms with van der Waals surface area (Å²) in [5, 5.41) is 0. The number of amides is 2. The lowest BCUT2D eigenvalue weighted by Crippen LogP contribution is -2.41. The average Bonchev–Trinajstić information content (AvgIpc) is 3.23. The molecule has 122 valence electrons. The van der Waals surface area contributed by atoms with Crippen molar-refractivity contribution in [2.75, 3.05) is 13.1 Å². The number of carbonyl (C=O) groups is 2. The molecule has 1 saturated carbocycles. The number of likely N-dealkylation sites (tertiary alicyclic amines) is 1. The molecule has 0 N–H and O–H groups in total. The smallest absolute Gasteiger partial charge is 0.228 e. The van der Waals surface area contributed by atoms with Gasteiger partial charge < -0.3 is 9.80 Å². The standard InChI is InChI=1S/C19H24N2O2/c22-18-11-16(13-21(18)17-7-3-4-8-17)19(23)20-10-9-14-5-1-2-6-15(14)12-20/h1-2,5-6,16-17H,3-4,7-13H2/t16-/m0/s1. The molecule has 1 aliphatic carbocycles. The van der Waals surface area contributed by atoms with Crippen LogP contribution < -0.4 is 0 Å². The molecule has 3 aliphatic rings. The van der Waals surface area contributed by atoms with Gasteiger partial charge in [0, 0.05) is 32.1 Å². The van der Waals surface area contributed by atoms with E-state index in [0.29, 0.717) is 25.6 Å². The van der Waals surface area contributed by atoms with Crippen molar-refractivity contribution in [1.29, 1.82) is 0 Å². The van der Waals surface area contributed by atoms with E-state index < -0.39 is 0 Å². The van der Waals surface area contributed by atoms with Crippen molar-refractivity contribution in [3.63, 3.8) is 0 Å². The van der Waals surface area contributed by atoms with Gasteiger partial charge in [-0.3, -0.25) is 9.59 Å². The van der Waals surface area contributed by atoms with Gasteiger partial charge in [-0.05, 0) is 30.4 Å². The molecule has 1 aromatic rings. The zero-order valence-electron chi connectivity index (χ0n) is 13.5. The van der Waals surface area contributed by atoms with Crippen LogP contribution >= 0.6 is 0 Å². The van der Waals surface area contributed by atoms with Crippen LogP contribution in [-0.4, -0.2) is 40.7 Å². The second-order valence-electron chi connectivity index (χ2n) is 7.16. The molecule has 2 fully saturated rings. The molecule has 0 aromatic heterocycles. The molecule has 1 aromatic carbocycles. The van der Waals surface area contributed by atoms with Gasteiger partial charge in [0.15, 0.2) is 0 Å². The second-order valence-corrected chi connectivity index (χ2v) is 7.16. The van der Waals surface area contributed by atoms with E-state index >= 15 is 0 Å². The minimum absolute atomic E-state index is 0.131. The Morgan fingerprint density at radius 1 is 1.09 bits per heavy atom. The summed E-state index contributed by atoms with van der Waals surface area (Å²) in [5.41, 5.74) is 2.61. The number of rotatable bonds is 2. The molecule has 0 radical (unpaired) electrons. The molecular weight excluding hydrogens is 288 g/mol. The lowest BCUT2D eigenvalue weighted by molar-refractivity contribution is -0.136. The Kier molecular flexibility index (Phi) is 3.83. The lowest BCUT2D eigenvalue weighted by Gasteiger charge is -2.31. The molecule has 1 atom stereocenters. The third kappa shape index (κ3) is 2.75. The van der Waals surface area contributed by atoms with E-state index in [0.717, 1.165) is 25.8 Å². The van der Waals surface area contributed by atoms with E-state index in [9.17, 15) is 9.59 Å². The molecule has 2 heterocycles. The predicted octanol–water partition coefficient (Wildman–Crippen LogP) is 2.36. The Balaban J connectivity index is 1.43. The summed E-state index contributed by atoms with van der Waals surface area (Å²) in [5.74, 6) is 0.231. The highest BCUT2D eigenvalue weighted by Crippen LogP contribution is 2.31. The van der Waals surface area contributed by atoms with Gasteiger partial charge in [-0.25, -0.2) is 0 Å². The van der Waals surface area contributed by atoms with E-state index in [2.05, 4.69) is 18.2 Å². The third-order valence-electron chi connectivity index (χ3n) is 5.72. The van der Waals surface area contributed by atoms with Crippen molar-refractivity contribution < 1.29 is 9.59 Å². The molecule has 23 heavy (non-hydrogen) atoms. The molecule has 4 rings (SSSR count). The summed E-state index contributed by atoms with van der Waals surface area (Å²) < 4.78 is 0. The van der Waals surface area contributed by atoms with Gasteiger partial charge in [-0.15, -0.1) is 0 Å². The topological polar surface area (TPSA) is 40.6 Å². The molecule has 1 saturated heterocycles. The van der Waals surface area contributed by atoms with E-state index in [4.69, 9.17) is 0 Å². The van der Waals surface area contributed by atoms with Gasteiger partial charge in [-0.2, -0.15) is 0 Å². The summed E-state index contributed by atoms with van der Waals surface area (Å²) in [7, 11) is 0. The van der Waals surface area contributed by atoms with Crippen LogP contribution in [0.2, 0.25) is 0 Å². The van der Waals surface area contributed by atoms with Crippen LogP contribution in [0.4, 0.5) is 0 Å². The lowest BCUT2D eigenvalue weighted by atomic mass is 9.98. The fourth-order valence-electron chi connectivity index (χ4n) is 4.41. The highest BCUT2D eigenvalue weighted by Gasteiger charge is 2.40. The van der Waals surface area contributed by atoms with Crippen molar-refractivity contribution >= 4 is 11.8 Å². The summed E-state index contributed by atoms with van der Waals surface area (Å²) in [6.45, 7) is 2.12. The SMILES string of the molecule is O=C([C@H]1CC(=O)N(C2CCCC2)C1)N1CCc2ccccc2C1. The number of benzene rings is 1. The molecule has 0 unspecified atom stereocenters. The van der Waals surface area contributed by atoms with E-state index in [-0.39, 0.29) is 17.7 Å². The van der Waals surface area contributed by atoms with Gasteiger partial charge in [-0.1, -0.05) is 37.1 Å². The fourth-order valence-corrected chi connectivity index (χ4v) is 4.41. The molecule has 2 amide bonds.